The molecule has 2 aromatic rings. The Labute approximate surface area is 170 Å². The molecular formula is C14H17BrFN7O4S. The van der Waals surface area contributed by atoms with E-state index in [4.69, 9.17) is 14.5 Å². The number of aliphatic imine (C=N–C) groups is 1. The monoisotopic (exact) mass is 477 g/mol. The highest BCUT2D eigenvalue weighted by Gasteiger charge is 2.27. The quantitative estimate of drug-likeness (QED) is 0.201. The molecule has 1 aliphatic heterocycles. The molecule has 1 fully saturated rings. The van der Waals surface area contributed by atoms with Crippen molar-refractivity contribution in [3.8, 4) is 0 Å². The zero-order valence-corrected chi connectivity index (χ0v) is 16.7. The first-order valence-electron chi connectivity index (χ1n) is 8.01. The predicted octanol–water partition coefficient (Wildman–Crippen LogP) is 0.678. The lowest BCUT2D eigenvalue weighted by molar-refractivity contribution is 0.00677. The van der Waals surface area contributed by atoms with Gasteiger partial charge in [0.15, 0.2) is 11.5 Å². The Bertz CT molecular complexity index is 840. The highest BCUT2D eigenvalue weighted by atomic mass is 79.9. The molecule has 2 heterocycles. The second kappa shape index (κ2) is 9.60. The minimum atomic E-state index is -1.57. The number of hydrogen-bond donors (Lipinski definition) is 4. The number of benzene rings is 1. The van der Waals surface area contributed by atoms with Crippen LogP contribution in [0.3, 0.4) is 0 Å². The van der Waals surface area contributed by atoms with Gasteiger partial charge in [0.05, 0.1) is 36.0 Å². The van der Waals surface area contributed by atoms with Crippen LogP contribution >= 0.6 is 15.9 Å². The molecular weight excluding hydrogens is 461 g/mol. The number of morpholine rings is 1. The molecule has 2 unspecified atom stereocenters. The number of nitrogens with zero attached hydrogens (tertiary/aromatic N) is 4. The number of halogens is 2. The molecule has 11 nitrogen and oxygen atoms in total. The molecule has 152 valence electrons. The molecule has 1 aromatic heterocycles. The van der Waals surface area contributed by atoms with E-state index in [2.05, 4.69) is 36.6 Å². The number of ether oxygens (including phenoxy) is 1. The van der Waals surface area contributed by atoms with E-state index in [0.29, 0.717) is 31.9 Å². The Hall–Kier alpha value is -1.81. The Morgan fingerprint density at radius 3 is 3.07 bits per heavy atom. The minimum absolute atomic E-state index is 0.0588. The van der Waals surface area contributed by atoms with Crippen molar-refractivity contribution in [3.63, 3.8) is 0 Å². The maximum absolute atomic E-state index is 13.4. The van der Waals surface area contributed by atoms with E-state index in [1.807, 2.05) is 5.48 Å². The molecule has 3 rings (SSSR count). The maximum Gasteiger partial charge on any atom is 0.202 e. The number of rotatable bonds is 6. The van der Waals surface area contributed by atoms with Crippen LogP contribution in [0.5, 0.6) is 0 Å². The van der Waals surface area contributed by atoms with E-state index in [1.54, 1.807) is 4.31 Å². The van der Waals surface area contributed by atoms with Gasteiger partial charge in [-0.25, -0.2) is 14.0 Å². The summed E-state index contributed by atoms with van der Waals surface area (Å²) in [4.78, 5) is 4.17. The number of amidine groups is 1. The summed E-state index contributed by atoms with van der Waals surface area (Å²) in [5, 5.41) is 25.3. The smallest absolute Gasteiger partial charge is 0.202 e. The second-order valence-corrected chi connectivity index (χ2v) is 7.59. The van der Waals surface area contributed by atoms with Gasteiger partial charge in [-0.1, -0.05) is 0 Å². The van der Waals surface area contributed by atoms with Gasteiger partial charge in [-0.2, -0.15) is 0 Å². The van der Waals surface area contributed by atoms with Crippen LogP contribution in [0.2, 0.25) is 0 Å². The molecule has 0 spiro atoms. The van der Waals surface area contributed by atoms with E-state index in [9.17, 15) is 14.2 Å². The lowest BCUT2D eigenvalue weighted by Crippen LogP contribution is -2.50. The summed E-state index contributed by atoms with van der Waals surface area (Å²) in [7, 11) is 0. The Balaban J connectivity index is 1.71. The van der Waals surface area contributed by atoms with Gasteiger partial charge in [0.2, 0.25) is 5.82 Å². The van der Waals surface area contributed by atoms with Crippen LogP contribution in [0.1, 0.15) is 5.69 Å². The largest absolute Gasteiger partial charge is 0.579 e. The van der Waals surface area contributed by atoms with Crippen LogP contribution in [0.4, 0.5) is 15.9 Å². The fourth-order valence-corrected chi connectivity index (χ4v) is 3.40. The third kappa shape index (κ3) is 5.16. The van der Waals surface area contributed by atoms with Crippen molar-refractivity contribution in [1.29, 1.82) is 0 Å². The summed E-state index contributed by atoms with van der Waals surface area (Å²) in [6.07, 6.45) is -0.290. The third-order valence-corrected chi connectivity index (χ3v) is 5.26. The van der Waals surface area contributed by atoms with Crippen LogP contribution < -0.4 is 15.9 Å². The van der Waals surface area contributed by atoms with Crippen LogP contribution in [0, 0.1) is 5.82 Å². The fourth-order valence-electron chi connectivity index (χ4n) is 2.46. The topological polar surface area (TPSA) is 157 Å². The van der Waals surface area contributed by atoms with Crippen LogP contribution in [-0.4, -0.2) is 62.6 Å². The molecule has 0 radical (unpaired) electrons. The first-order chi connectivity index (χ1) is 13.5. The summed E-state index contributed by atoms with van der Waals surface area (Å²) < 4.78 is 36.9. The summed E-state index contributed by atoms with van der Waals surface area (Å²) in [5.41, 5.74) is 2.40. The Morgan fingerprint density at radius 2 is 2.36 bits per heavy atom. The van der Waals surface area contributed by atoms with Crippen molar-refractivity contribution in [2.24, 2.45) is 10.1 Å². The SMILES string of the molecule is N[S+]([O-])N1CCOC(CNc2nonc2C(=Nc2ccc(F)c(Br)c2)NO)C1. The number of nitrogens with two attached hydrogens (primary N) is 1. The summed E-state index contributed by atoms with van der Waals surface area (Å²) in [5.74, 6) is -0.296. The lowest BCUT2D eigenvalue weighted by atomic mass is 10.3. The lowest BCUT2D eigenvalue weighted by Gasteiger charge is -2.30. The molecule has 0 aliphatic carbocycles. The van der Waals surface area contributed by atoms with Gasteiger partial charge in [-0.15, -0.1) is 9.44 Å². The first kappa shape index (κ1) is 20.9. The van der Waals surface area contributed by atoms with Crippen molar-refractivity contribution in [1.82, 2.24) is 20.1 Å². The third-order valence-electron chi connectivity index (χ3n) is 3.82. The summed E-state index contributed by atoms with van der Waals surface area (Å²) in [6.45, 7) is 1.55. The van der Waals surface area contributed by atoms with E-state index in [0.717, 1.165) is 0 Å². The molecule has 0 amide bonds. The molecule has 5 N–H and O–H groups in total. The van der Waals surface area contributed by atoms with Crippen molar-refractivity contribution >= 4 is 44.8 Å². The molecule has 14 heteroatoms. The predicted molar refractivity (Wildman–Crippen MR) is 102 cm³/mol. The van der Waals surface area contributed by atoms with E-state index in [1.165, 1.54) is 18.2 Å². The Morgan fingerprint density at radius 1 is 1.54 bits per heavy atom. The van der Waals surface area contributed by atoms with Crippen molar-refractivity contribution < 1.29 is 23.5 Å². The zero-order chi connectivity index (χ0) is 20.1. The number of nitrogens with one attached hydrogen (secondary N) is 2. The zero-order valence-electron chi connectivity index (χ0n) is 14.3. The van der Waals surface area contributed by atoms with E-state index in [-0.39, 0.29) is 27.9 Å². The second-order valence-electron chi connectivity index (χ2n) is 5.67. The molecule has 2 atom stereocenters. The van der Waals surface area contributed by atoms with Crippen molar-refractivity contribution in [2.45, 2.75) is 6.10 Å². The van der Waals surface area contributed by atoms with Gasteiger partial charge < -0.3 is 14.6 Å². The van der Waals surface area contributed by atoms with Gasteiger partial charge in [-0.3, -0.25) is 10.7 Å². The maximum atomic E-state index is 13.4. The van der Waals surface area contributed by atoms with Gasteiger partial charge in [0.1, 0.15) is 17.4 Å². The van der Waals surface area contributed by atoms with Crippen LogP contribution in [0.25, 0.3) is 0 Å². The Kier molecular flexibility index (Phi) is 7.17. The number of hydroxylamine groups is 1. The van der Waals surface area contributed by atoms with Crippen molar-refractivity contribution in [3.05, 3.63) is 34.2 Å². The summed E-state index contributed by atoms with van der Waals surface area (Å²) >= 11 is 1.50. The molecule has 0 saturated carbocycles. The molecule has 1 aliphatic rings. The highest BCUT2D eigenvalue weighted by molar-refractivity contribution is 9.10. The molecule has 1 aromatic carbocycles. The van der Waals surface area contributed by atoms with Crippen LogP contribution in [0.15, 0.2) is 32.3 Å². The molecule has 28 heavy (non-hydrogen) atoms. The van der Waals surface area contributed by atoms with Gasteiger partial charge in [-0.05, 0) is 44.4 Å². The number of anilines is 1. The van der Waals surface area contributed by atoms with Gasteiger partial charge >= 0.3 is 0 Å². The fraction of sp³-hybridized carbons (Fsp3) is 0.357. The van der Waals surface area contributed by atoms with Crippen molar-refractivity contribution in [2.75, 3.05) is 31.6 Å². The molecule has 0 bridgehead atoms. The van der Waals surface area contributed by atoms with E-state index < -0.39 is 17.4 Å². The van der Waals surface area contributed by atoms with Crippen LogP contribution in [-0.2, 0) is 16.3 Å². The number of aromatic nitrogens is 2. The summed E-state index contributed by atoms with van der Waals surface area (Å²) in [6, 6.07) is 4.09. The minimum Gasteiger partial charge on any atom is -0.579 e. The number of hydrogen-bond acceptors (Lipinski definition) is 10. The average Bonchev–Trinajstić information content (AvgIpc) is 3.16. The van der Waals surface area contributed by atoms with Gasteiger partial charge in [0.25, 0.3) is 0 Å². The normalized spacial score (nSPS) is 19.5. The van der Waals surface area contributed by atoms with Gasteiger partial charge in [0, 0.05) is 6.54 Å². The van der Waals surface area contributed by atoms with E-state index >= 15 is 0 Å². The average molecular weight is 478 g/mol. The first-order valence-corrected chi connectivity index (χ1v) is 9.97. The highest BCUT2D eigenvalue weighted by Crippen LogP contribution is 2.23. The standard InChI is InChI=1S/C14H17BrFN7O4S/c15-10-5-8(1-2-11(10)16)19-14(20-24)12-13(22-27-21-12)18-6-9-7-23(28(17)25)3-4-26-9/h1-2,5,9,24H,3-4,6-7,17H2,(H,18,22)(H,19,20). The molecule has 1 saturated heterocycles.